The number of aromatic nitrogens is 2. The van der Waals surface area contributed by atoms with E-state index in [2.05, 4.69) is 10.4 Å². The van der Waals surface area contributed by atoms with Crippen LogP contribution < -0.4 is 11.1 Å². The van der Waals surface area contributed by atoms with Gasteiger partial charge in [-0.05, 0) is 20.4 Å². The number of hydrogen-bond acceptors (Lipinski definition) is 3. The number of aryl methyl sites for hydroxylation is 2. The van der Waals surface area contributed by atoms with Crippen molar-refractivity contribution in [3.63, 3.8) is 0 Å². The standard InChI is InChI=1S/C9H15ClN4O/c1-6-7(10)5-14(13-6)4-3-8(12-2)9(11)15/h5,8,12H,3-4H2,1-2H3,(H2,11,15). The number of carbonyl (C=O) groups is 1. The van der Waals surface area contributed by atoms with E-state index in [-0.39, 0.29) is 11.9 Å². The summed E-state index contributed by atoms with van der Waals surface area (Å²) in [6.45, 7) is 2.45. The van der Waals surface area contributed by atoms with E-state index < -0.39 is 0 Å². The summed E-state index contributed by atoms with van der Waals surface area (Å²) in [6, 6.07) is -0.326. The Kier molecular flexibility index (Phi) is 4.11. The lowest BCUT2D eigenvalue weighted by atomic mass is 10.2. The molecule has 1 heterocycles. The highest BCUT2D eigenvalue weighted by Gasteiger charge is 2.12. The maximum Gasteiger partial charge on any atom is 0.234 e. The van der Waals surface area contributed by atoms with Gasteiger partial charge in [-0.1, -0.05) is 11.6 Å². The Hall–Kier alpha value is -1.07. The highest BCUT2D eigenvalue weighted by Crippen LogP contribution is 2.12. The summed E-state index contributed by atoms with van der Waals surface area (Å²) in [5.41, 5.74) is 5.98. The van der Waals surface area contributed by atoms with E-state index in [4.69, 9.17) is 17.3 Å². The van der Waals surface area contributed by atoms with Gasteiger partial charge in [0.15, 0.2) is 0 Å². The van der Waals surface area contributed by atoms with Gasteiger partial charge in [-0.2, -0.15) is 5.10 Å². The number of rotatable bonds is 5. The number of likely N-dealkylation sites (N-methyl/N-ethyl adjacent to an activating group) is 1. The second-order valence-electron chi connectivity index (χ2n) is 3.36. The van der Waals surface area contributed by atoms with Crippen molar-refractivity contribution < 1.29 is 4.79 Å². The highest BCUT2D eigenvalue weighted by molar-refractivity contribution is 6.31. The van der Waals surface area contributed by atoms with Crippen molar-refractivity contribution in [1.29, 1.82) is 0 Å². The molecule has 1 unspecified atom stereocenters. The van der Waals surface area contributed by atoms with E-state index >= 15 is 0 Å². The molecular formula is C9H15ClN4O. The van der Waals surface area contributed by atoms with Crippen molar-refractivity contribution in [3.8, 4) is 0 Å². The summed E-state index contributed by atoms with van der Waals surface area (Å²) >= 11 is 5.85. The summed E-state index contributed by atoms with van der Waals surface area (Å²) in [5.74, 6) is -0.354. The van der Waals surface area contributed by atoms with Crippen LogP contribution in [0.4, 0.5) is 0 Å². The van der Waals surface area contributed by atoms with Gasteiger partial charge in [0, 0.05) is 12.7 Å². The Morgan fingerprint density at radius 2 is 2.47 bits per heavy atom. The first-order valence-electron chi connectivity index (χ1n) is 4.70. The molecule has 15 heavy (non-hydrogen) atoms. The van der Waals surface area contributed by atoms with Crippen molar-refractivity contribution >= 4 is 17.5 Å². The molecule has 0 aliphatic rings. The van der Waals surface area contributed by atoms with Crippen LogP contribution >= 0.6 is 11.6 Å². The van der Waals surface area contributed by atoms with E-state index in [1.54, 1.807) is 17.9 Å². The summed E-state index contributed by atoms with van der Waals surface area (Å²) in [5, 5.41) is 7.66. The lowest BCUT2D eigenvalue weighted by molar-refractivity contribution is -0.120. The van der Waals surface area contributed by atoms with Crippen LogP contribution in [-0.2, 0) is 11.3 Å². The minimum atomic E-state index is -0.354. The van der Waals surface area contributed by atoms with Crippen molar-refractivity contribution in [1.82, 2.24) is 15.1 Å². The Balaban J connectivity index is 2.52. The molecule has 0 bridgehead atoms. The zero-order chi connectivity index (χ0) is 11.4. The molecule has 1 amide bonds. The average molecular weight is 231 g/mol. The van der Waals surface area contributed by atoms with Gasteiger partial charge in [0.25, 0.3) is 0 Å². The molecule has 3 N–H and O–H groups in total. The van der Waals surface area contributed by atoms with Crippen molar-refractivity contribution in [3.05, 3.63) is 16.9 Å². The summed E-state index contributed by atoms with van der Waals surface area (Å²) in [7, 11) is 1.71. The van der Waals surface area contributed by atoms with Crippen LogP contribution in [0.25, 0.3) is 0 Å². The summed E-state index contributed by atoms with van der Waals surface area (Å²) in [6.07, 6.45) is 2.34. The molecule has 0 fully saturated rings. The van der Waals surface area contributed by atoms with Crippen molar-refractivity contribution in [2.24, 2.45) is 5.73 Å². The molecule has 0 aromatic carbocycles. The van der Waals surface area contributed by atoms with Crippen LogP contribution in [0.2, 0.25) is 5.02 Å². The molecular weight excluding hydrogens is 216 g/mol. The highest BCUT2D eigenvalue weighted by atomic mass is 35.5. The second kappa shape index (κ2) is 5.14. The van der Waals surface area contributed by atoms with Crippen LogP contribution in [0.3, 0.4) is 0 Å². The predicted octanol–water partition coefficient (Wildman–Crippen LogP) is 0.308. The van der Waals surface area contributed by atoms with Gasteiger partial charge in [0.1, 0.15) is 0 Å². The molecule has 5 nitrogen and oxygen atoms in total. The number of hydrogen-bond donors (Lipinski definition) is 2. The number of primary amides is 1. The lowest BCUT2D eigenvalue weighted by Crippen LogP contribution is -2.39. The first kappa shape index (κ1) is 12.0. The van der Waals surface area contributed by atoms with Gasteiger partial charge < -0.3 is 11.1 Å². The fourth-order valence-corrected chi connectivity index (χ4v) is 1.45. The molecule has 0 aliphatic heterocycles. The summed E-state index contributed by atoms with van der Waals surface area (Å²) < 4.78 is 1.71. The monoisotopic (exact) mass is 230 g/mol. The van der Waals surface area contributed by atoms with Crippen molar-refractivity contribution in [2.75, 3.05) is 7.05 Å². The predicted molar refractivity (Wildman–Crippen MR) is 58.6 cm³/mol. The zero-order valence-corrected chi connectivity index (χ0v) is 9.58. The van der Waals surface area contributed by atoms with Crippen LogP contribution in [0.5, 0.6) is 0 Å². The van der Waals surface area contributed by atoms with Gasteiger partial charge in [-0.15, -0.1) is 0 Å². The largest absolute Gasteiger partial charge is 0.368 e. The van der Waals surface area contributed by atoms with Gasteiger partial charge in [0.2, 0.25) is 5.91 Å². The van der Waals surface area contributed by atoms with Gasteiger partial charge in [-0.25, -0.2) is 0 Å². The first-order chi connectivity index (χ1) is 7.04. The third-order valence-corrected chi connectivity index (χ3v) is 2.60. The van der Waals surface area contributed by atoms with Crippen molar-refractivity contribution in [2.45, 2.75) is 25.9 Å². The Morgan fingerprint density at radius 3 is 2.87 bits per heavy atom. The lowest BCUT2D eigenvalue weighted by Gasteiger charge is -2.11. The van der Waals surface area contributed by atoms with E-state index in [1.165, 1.54) is 0 Å². The van der Waals surface area contributed by atoms with E-state index in [0.717, 1.165) is 5.69 Å². The van der Waals surface area contributed by atoms with Crippen LogP contribution in [-0.4, -0.2) is 28.8 Å². The van der Waals surface area contributed by atoms with Gasteiger partial charge >= 0.3 is 0 Å². The molecule has 0 radical (unpaired) electrons. The molecule has 1 rings (SSSR count). The number of carbonyl (C=O) groups excluding carboxylic acids is 1. The molecule has 0 spiro atoms. The summed E-state index contributed by atoms with van der Waals surface area (Å²) in [4.78, 5) is 10.9. The number of nitrogens with one attached hydrogen (secondary N) is 1. The molecule has 0 saturated carbocycles. The van der Waals surface area contributed by atoms with E-state index in [9.17, 15) is 4.79 Å². The molecule has 1 atom stereocenters. The smallest absolute Gasteiger partial charge is 0.234 e. The third kappa shape index (κ3) is 3.21. The minimum absolute atomic E-state index is 0.326. The van der Waals surface area contributed by atoms with Gasteiger partial charge in [0.05, 0.1) is 16.8 Å². The molecule has 84 valence electrons. The SMILES string of the molecule is CNC(CCn1cc(Cl)c(C)n1)C(N)=O. The maximum absolute atomic E-state index is 10.9. The fourth-order valence-electron chi connectivity index (χ4n) is 1.30. The number of amides is 1. The van der Waals surface area contributed by atoms with E-state index in [0.29, 0.717) is 18.0 Å². The molecule has 6 heteroatoms. The number of halogens is 1. The third-order valence-electron chi connectivity index (χ3n) is 2.23. The number of nitrogens with two attached hydrogens (primary N) is 1. The van der Waals surface area contributed by atoms with Crippen LogP contribution in [0.1, 0.15) is 12.1 Å². The average Bonchev–Trinajstić information content (AvgIpc) is 2.47. The fraction of sp³-hybridized carbons (Fsp3) is 0.556. The quantitative estimate of drug-likeness (QED) is 0.765. The topological polar surface area (TPSA) is 72.9 Å². The molecule has 1 aromatic heterocycles. The molecule has 1 aromatic rings. The second-order valence-corrected chi connectivity index (χ2v) is 3.77. The number of nitrogens with zero attached hydrogens (tertiary/aromatic N) is 2. The first-order valence-corrected chi connectivity index (χ1v) is 5.08. The normalized spacial score (nSPS) is 12.7. The molecule has 0 aliphatic carbocycles. The van der Waals surface area contributed by atoms with E-state index in [1.807, 2.05) is 6.92 Å². The maximum atomic E-state index is 10.9. The van der Waals surface area contributed by atoms with Gasteiger partial charge in [-0.3, -0.25) is 9.48 Å². The molecule has 0 saturated heterocycles. The minimum Gasteiger partial charge on any atom is -0.368 e. The Labute approximate surface area is 93.6 Å². The van der Waals surface area contributed by atoms with Crippen LogP contribution in [0, 0.1) is 6.92 Å². The Bertz CT molecular complexity index is 330. The Morgan fingerprint density at radius 1 is 1.80 bits per heavy atom. The van der Waals surface area contributed by atoms with Crippen LogP contribution in [0.15, 0.2) is 6.20 Å². The zero-order valence-electron chi connectivity index (χ0n) is 8.83.